The summed E-state index contributed by atoms with van der Waals surface area (Å²) in [6, 6.07) is 0.175. The van der Waals surface area contributed by atoms with E-state index in [2.05, 4.69) is 15.1 Å². The molecule has 0 saturated carbocycles. The van der Waals surface area contributed by atoms with E-state index in [1.165, 1.54) is 0 Å². The highest BCUT2D eigenvalue weighted by atomic mass is 16.5. The number of hydrogen-bond acceptors (Lipinski definition) is 6. The molecule has 3 rings (SSSR count). The molecule has 3 unspecified atom stereocenters. The number of hydrogen-bond donors (Lipinski definition) is 2. The largest absolute Gasteiger partial charge is 0.392 e. The van der Waals surface area contributed by atoms with Gasteiger partial charge in [0.15, 0.2) is 0 Å². The molecule has 8 heteroatoms. The number of amides is 2. The number of nitrogens with zero attached hydrogens (tertiary/aromatic N) is 3. The average Bonchev–Trinajstić information content (AvgIpc) is 3.13. The van der Waals surface area contributed by atoms with E-state index in [4.69, 9.17) is 4.74 Å². The molecular formula is C17H30N4O4. The SMILES string of the molecule is CN1CC(O)CC1CNC(=O)C1CC(=O)N(CCN2CCOCC2)C1. The standard InChI is InChI=1S/C17H30N4O4/c1-19-12-15(22)9-14(19)10-18-17(24)13-8-16(23)21(11-13)3-2-20-4-6-25-7-5-20/h13-15,22H,2-12H2,1H3,(H,18,24). The van der Waals surface area contributed by atoms with Crippen molar-refractivity contribution in [1.29, 1.82) is 0 Å². The molecule has 3 aliphatic heterocycles. The molecule has 3 saturated heterocycles. The van der Waals surface area contributed by atoms with Gasteiger partial charge in [-0.3, -0.25) is 19.4 Å². The summed E-state index contributed by atoms with van der Waals surface area (Å²) >= 11 is 0. The van der Waals surface area contributed by atoms with E-state index in [1.54, 1.807) is 0 Å². The summed E-state index contributed by atoms with van der Waals surface area (Å²) in [5.74, 6) is -0.229. The molecule has 3 fully saturated rings. The minimum absolute atomic E-state index is 0.0444. The summed E-state index contributed by atoms with van der Waals surface area (Å²) in [6.45, 7) is 6.54. The van der Waals surface area contributed by atoms with E-state index in [0.717, 1.165) is 32.8 Å². The minimum Gasteiger partial charge on any atom is -0.392 e. The van der Waals surface area contributed by atoms with Gasteiger partial charge in [-0.25, -0.2) is 0 Å². The molecule has 0 aromatic carbocycles. The summed E-state index contributed by atoms with van der Waals surface area (Å²) in [5, 5.41) is 12.6. The van der Waals surface area contributed by atoms with Crippen LogP contribution in [-0.4, -0.2) is 110 Å². The summed E-state index contributed by atoms with van der Waals surface area (Å²) in [7, 11) is 1.96. The number of aliphatic hydroxyl groups excluding tert-OH is 1. The van der Waals surface area contributed by atoms with Crippen LogP contribution in [0, 0.1) is 5.92 Å². The topological polar surface area (TPSA) is 85.3 Å². The van der Waals surface area contributed by atoms with Gasteiger partial charge in [0, 0.05) is 58.3 Å². The molecule has 2 N–H and O–H groups in total. The van der Waals surface area contributed by atoms with Crippen LogP contribution in [0.2, 0.25) is 0 Å². The van der Waals surface area contributed by atoms with Crippen molar-refractivity contribution in [2.24, 2.45) is 5.92 Å². The number of carbonyl (C=O) groups is 2. The van der Waals surface area contributed by atoms with E-state index in [1.807, 2.05) is 11.9 Å². The van der Waals surface area contributed by atoms with Gasteiger partial charge in [-0.15, -0.1) is 0 Å². The quantitative estimate of drug-likeness (QED) is 0.594. The highest BCUT2D eigenvalue weighted by Gasteiger charge is 2.35. The average molecular weight is 354 g/mol. The van der Waals surface area contributed by atoms with E-state index >= 15 is 0 Å². The fourth-order valence-corrected chi connectivity index (χ4v) is 3.90. The zero-order valence-electron chi connectivity index (χ0n) is 15.0. The van der Waals surface area contributed by atoms with E-state index in [-0.39, 0.29) is 29.9 Å². The van der Waals surface area contributed by atoms with Gasteiger partial charge in [0.2, 0.25) is 11.8 Å². The van der Waals surface area contributed by atoms with Crippen molar-refractivity contribution < 1.29 is 19.4 Å². The summed E-state index contributed by atoms with van der Waals surface area (Å²) in [5.41, 5.74) is 0. The first kappa shape index (κ1) is 18.6. The van der Waals surface area contributed by atoms with Crippen LogP contribution in [-0.2, 0) is 14.3 Å². The Hall–Kier alpha value is -1.22. The molecule has 3 aliphatic rings. The molecule has 0 bridgehead atoms. The van der Waals surface area contributed by atoms with E-state index in [0.29, 0.717) is 39.0 Å². The van der Waals surface area contributed by atoms with Crippen LogP contribution in [0.5, 0.6) is 0 Å². The third-order valence-electron chi connectivity index (χ3n) is 5.55. The van der Waals surface area contributed by atoms with Gasteiger partial charge in [-0.2, -0.15) is 0 Å². The van der Waals surface area contributed by atoms with Crippen LogP contribution >= 0.6 is 0 Å². The maximum Gasteiger partial charge on any atom is 0.225 e. The van der Waals surface area contributed by atoms with Crippen LogP contribution < -0.4 is 5.32 Å². The van der Waals surface area contributed by atoms with Gasteiger partial charge in [0.1, 0.15) is 0 Å². The van der Waals surface area contributed by atoms with Crippen LogP contribution in [0.25, 0.3) is 0 Å². The summed E-state index contributed by atoms with van der Waals surface area (Å²) in [4.78, 5) is 30.7. The number of likely N-dealkylation sites (tertiary alicyclic amines) is 2. The molecule has 142 valence electrons. The molecule has 3 atom stereocenters. The van der Waals surface area contributed by atoms with Crippen LogP contribution in [0.15, 0.2) is 0 Å². The second-order valence-electron chi connectivity index (χ2n) is 7.42. The first-order valence-corrected chi connectivity index (χ1v) is 9.27. The number of carbonyl (C=O) groups excluding carboxylic acids is 2. The molecule has 2 amide bonds. The molecule has 0 radical (unpaired) electrons. The first-order valence-electron chi connectivity index (χ1n) is 9.27. The lowest BCUT2D eigenvalue weighted by Gasteiger charge is -2.28. The van der Waals surface area contributed by atoms with Crippen LogP contribution in [0.1, 0.15) is 12.8 Å². The summed E-state index contributed by atoms with van der Waals surface area (Å²) < 4.78 is 5.33. The van der Waals surface area contributed by atoms with Crippen LogP contribution in [0.4, 0.5) is 0 Å². The molecule has 3 heterocycles. The van der Waals surface area contributed by atoms with E-state index in [9.17, 15) is 14.7 Å². The van der Waals surface area contributed by atoms with Crippen LogP contribution in [0.3, 0.4) is 0 Å². The Kier molecular flexibility index (Phi) is 6.27. The third kappa shape index (κ3) is 4.91. The minimum atomic E-state index is -0.310. The fraction of sp³-hybridized carbons (Fsp3) is 0.882. The number of aliphatic hydroxyl groups is 1. The van der Waals surface area contributed by atoms with Crippen molar-refractivity contribution in [3.05, 3.63) is 0 Å². The zero-order valence-corrected chi connectivity index (χ0v) is 15.0. The first-order chi connectivity index (χ1) is 12.0. The number of β-amino-alcohol motifs (C(OH)–C–C–N with tert-alkyl or cyclic N) is 1. The third-order valence-corrected chi connectivity index (χ3v) is 5.55. The molecule has 8 nitrogen and oxygen atoms in total. The van der Waals surface area contributed by atoms with Gasteiger partial charge < -0.3 is 20.1 Å². The van der Waals surface area contributed by atoms with Gasteiger partial charge in [0.05, 0.1) is 25.2 Å². The Morgan fingerprint density at radius 2 is 2.04 bits per heavy atom. The maximum absolute atomic E-state index is 12.4. The van der Waals surface area contributed by atoms with Crippen molar-refractivity contribution in [3.63, 3.8) is 0 Å². The Labute approximate surface area is 149 Å². The molecule has 0 spiro atoms. The Morgan fingerprint density at radius 3 is 2.72 bits per heavy atom. The predicted octanol–water partition coefficient (Wildman–Crippen LogP) is -1.65. The highest BCUT2D eigenvalue weighted by Crippen LogP contribution is 2.19. The van der Waals surface area contributed by atoms with E-state index < -0.39 is 0 Å². The van der Waals surface area contributed by atoms with Crippen molar-refractivity contribution in [2.45, 2.75) is 25.0 Å². The molecular weight excluding hydrogens is 324 g/mol. The molecule has 0 aromatic heterocycles. The van der Waals surface area contributed by atoms with Crippen molar-refractivity contribution >= 4 is 11.8 Å². The number of rotatable bonds is 6. The molecule has 0 aliphatic carbocycles. The van der Waals surface area contributed by atoms with Gasteiger partial charge in [-0.05, 0) is 13.5 Å². The number of nitrogens with one attached hydrogen (secondary N) is 1. The highest BCUT2D eigenvalue weighted by molar-refractivity contribution is 5.89. The zero-order chi connectivity index (χ0) is 17.8. The van der Waals surface area contributed by atoms with Gasteiger partial charge >= 0.3 is 0 Å². The lowest BCUT2D eigenvalue weighted by atomic mass is 10.1. The van der Waals surface area contributed by atoms with Crippen molar-refractivity contribution in [3.8, 4) is 0 Å². The fourth-order valence-electron chi connectivity index (χ4n) is 3.90. The maximum atomic E-state index is 12.4. The van der Waals surface area contributed by atoms with Crippen molar-refractivity contribution in [1.82, 2.24) is 20.0 Å². The lowest BCUT2D eigenvalue weighted by Crippen LogP contribution is -2.43. The van der Waals surface area contributed by atoms with Gasteiger partial charge in [-0.1, -0.05) is 0 Å². The Balaban J connectivity index is 1.39. The molecule has 25 heavy (non-hydrogen) atoms. The normalized spacial score (nSPS) is 31.7. The number of ether oxygens (including phenoxy) is 1. The Morgan fingerprint density at radius 1 is 1.28 bits per heavy atom. The van der Waals surface area contributed by atoms with Gasteiger partial charge in [0.25, 0.3) is 0 Å². The smallest absolute Gasteiger partial charge is 0.225 e. The summed E-state index contributed by atoms with van der Waals surface area (Å²) in [6.07, 6.45) is 0.681. The second kappa shape index (κ2) is 8.44. The predicted molar refractivity (Wildman–Crippen MR) is 92.0 cm³/mol. The molecule has 0 aromatic rings. The number of morpholine rings is 1. The Bertz CT molecular complexity index is 483. The number of likely N-dealkylation sites (N-methyl/N-ethyl adjacent to an activating group) is 1. The second-order valence-corrected chi connectivity index (χ2v) is 7.42. The monoisotopic (exact) mass is 354 g/mol. The van der Waals surface area contributed by atoms with Crippen molar-refractivity contribution in [2.75, 3.05) is 66.1 Å². The lowest BCUT2D eigenvalue weighted by molar-refractivity contribution is -0.129.